The molecule has 2 rings (SSSR count). The lowest BCUT2D eigenvalue weighted by molar-refractivity contribution is 0.588. The molecule has 3 heteroatoms. The van der Waals surface area contributed by atoms with Crippen molar-refractivity contribution in [1.82, 2.24) is 5.32 Å². The van der Waals surface area contributed by atoms with E-state index >= 15 is 0 Å². The van der Waals surface area contributed by atoms with Crippen LogP contribution in [0.4, 0.5) is 0 Å². The summed E-state index contributed by atoms with van der Waals surface area (Å²) in [6, 6.07) is 15.3. The predicted molar refractivity (Wildman–Crippen MR) is 88.5 cm³/mol. The Morgan fingerprint density at radius 3 is 2.47 bits per heavy atom. The highest BCUT2D eigenvalue weighted by molar-refractivity contribution is 9.10. The molecule has 0 fully saturated rings. The van der Waals surface area contributed by atoms with E-state index in [2.05, 4.69) is 86.6 Å². The predicted octanol–water partition coefficient (Wildman–Crippen LogP) is 5.02. The molecule has 1 nitrogen and oxygen atoms in total. The fourth-order valence-electron chi connectivity index (χ4n) is 2.25. The molecular formula is C16H17Br2N. The van der Waals surface area contributed by atoms with Gasteiger partial charge in [0.25, 0.3) is 0 Å². The van der Waals surface area contributed by atoms with E-state index in [0.717, 1.165) is 15.4 Å². The van der Waals surface area contributed by atoms with Crippen LogP contribution in [0.3, 0.4) is 0 Å². The van der Waals surface area contributed by atoms with Gasteiger partial charge in [-0.3, -0.25) is 0 Å². The summed E-state index contributed by atoms with van der Waals surface area (Å²) in [5, 5.41) is 3.42. The van der Waals surface area contributed by atoms with Crippen molar-refractivity contribution in [2.24, 2.45) is 0 Å². The first kappa shape index (κ1) is 14.8. The van der Waals surface area contributed by atoms with Crippen LogP contribution < -0.4 is 5.32 Å². The molecule has 1 N–H and O–H groups in total. The van der Waals surface area contributed by atoms with Crippen molar-refractivity contribution in [2.75, 3.05) is 7.05 Å². The first-order valence-electron chi connectivity index (χ1n) is 6.28. The maximum Gasteiger partial charge on any atom is 0.0361 e. The number of hydrogen-bond acceptors (Lipinski definition) is 1. The summed E-state index contributed by atoms with van der Waals surface area (Å²) in [5.41, 5.74) is 3.99. The summed E-state index contributed by atoms with van der Waals surface area (Å²) in [6.07, 6.45) is 0.979. The first-order valence-corrected chi connectivity index (χ1v) is 7.86. The maximum atomic E-state index is 3.56. The van der Waals surface area contributed by atoms with Gasteiger partial charge in [-0.1, -0.05) is 50.1 Å². The number of hydrogen-bond donors (Lipinski definition) is 1. The molecule has 100 valence electrons. The van der Waals surface area contributed by atoms with Gasteiger partial charge in [0, 0.05) is 15.0 Å². The number of halogens is 2. The molecule has 0 amide bonds. The van der Waals surface area contributed by atoms with Crippen LogP contribution in [0, 0.1) is 6.92 Å². The Morgan fingerprint density at radius 2 is 1.79 bits per heavy atom. The number of likely N-dealkylation sites (N-methyl/N-ethyl adjacent to an activating group) is 1. The van der Waals surface area contributed by atoms with Crippen molar-refractivity contribution in [1.29, 1.82) is 0 Å². The Balaban J connectivity index is 2.27. The molecule has 2 aromatic rings. The molecule has 0 saturated heterocycles. The minimum atomic E-state index is 0.326. The largest absolute Gasteiger partial charge is 0.313 e. The normalized spacial score (nSPS) is 12.4. The highest BCUT2D eigenvalue weighted by atomic mass is 79.9. The summed E-state index contributed by atoms with van der Waals surface area (Å²) in [4.78, 5) is 0. The van der Waals surface area contributed by atoms with Crippen LogP contribution in [-0.4, -0.2) is 7.05 Å². The molecule has 0 aliphatic carbocycles. The quantitative estimate of drug-likeness (QED) is 0.782. The van der Waals surface area contributed by atoms with Crippen molar-refractivity contribution in [3.63, 3.8) is 0 Å². The first-order chi connectivity index (χ1) is 9.10. The molecule has 19 heavy (non-hydrogen) atoms. The Hall–Kier alpha value is -0.640. The van der Waals surface area contributed by atoms with Crippen LogP contribution in [0.2, 0.25) is 0 Å². The Kier molecular flexibility index (Phi) is 5.20. The lowest BCUT2D eigenvalue weighted by Crippen LogP contribution is -2.19. The summed E-state index contributed by atoms with van der Waals surface area (Å²) >= 11 is 7.08. The van der Waals surface area contributed by atoms with Gasteiger partial charge in [0.15, 0.2) is 0 Å². The van der Waals surface area contributed by atoms with Crippen molar-refractivity contribution >= 4 is 31.9 Å². The SMILES string of the molecule is CNC(Cc1cccc(Br)c1)c1cc(Br)ccc1C. The van der Waals surface area contributed by atoms with E-state index in [4.69, 9.17) is 0 Å². The molecule has 0 aromatic heterocycles. The Labute approximate surface area is 131 Å². The highest BCUT2D eigenvalue weighted by Gasteiger charge is 2.13. The second-order valence-corrected chi connectivity index (χ2v) is 6.51. The lowest BCUT2D eigenvalue weighted by atomic mass is 9.95. The molecule has 1 unspecified atom stereocenters. The number of rotatable bonds is 4. The van der Waals surface area contributed by atoms with E-state index in [1.807, 2.05) is 7.05 Å². The zero-order valence-electron chi connectivity index (χ0n) is 11.1. The second-order valence-electron chi connectivity index (χ2n) is 4.68. The monoisotopic (exact) mass is 381 g/mol. The molecular weight excluding hydrogens is 366 g/mol. The third-order valence-electron chi connectivity index (χ3n) is 3.29. The van der Waals surface area contributed by atoms with Crippen molar-refractivity contribution in [2.45, 2.75) is 19.4 Å². The van der Waals surface area contributed by atoms with E-state index in [-0.39, 0.29) is 0 Å². The van der Waals surface area contributed by atoms with E-state index in [1.165, 1.54) is 16.7 Å². The van der Waals surface area contributed by atoms with Gasteiger partial charge < -0.3 is 5.32 Å². The lowest BCUT2D eigenvalue weighted by Gasteiger charge is -2.19. The van der Waals surface area contributed by atoms with Crippen LogP contribution in [0.5, 0.6) is 0 Å². The zero-order valence-corrected chi connectivity index (χ0v) is 14.3. The van der Waals surface area contributed by atoms with E-state index in [9.17, 15) is 0 Å². The molecule has 2 aromatic carbocycles. The summed E-state index contributed by atoms with van der Waals surface area (Å²) in [6.45, 7) is 2.16. The van der Waals surface area contributed by atoms with Crippen LogP contribution in [0.25, 0.3) is 0 Å². The van der Waals surface area contributed by atoms with Crippen LogP contribution in [-0.2, 0) is 6.42 Å². The van der Waals surface area contributed by atoms with Crippen molar-refractivity contribution in [3.05, 3.63) is 68.1 Å². The second kappa shape index (κ2) is 6.69. The van der Waals surface area contributed by atoms with E-state index in [0.29, 0.717) is 6.04 Å². The molecule has 1 atom stereocenters. The molecule has 0 spiro atoms. The third-order valence-corrected chi connectivity index (χ3v) is 4.28. The van der Waals surface area contributed by atoms with Crippen LogP contribution >= 0.6 is 31.9 Å². The summed E-state index contributed by atoms with van der Waals surface area (Å²) < 4.78 is 2.26. The standard InChI is InChI=1S/C16H17Br2N/c1-11-6-7-14(18)10-15(11)16(19-2)9-12-4-3-5-13(17)8-12/h3-8,10,16,19H,9H2,1-2H3. The smallest absolute Gasteiger partial charge is 0.0361 e. The van der Waals surface area contributed by atoms with Gasteiger partial charge in [-0.15, -0.1) is 0 Å². The minimum Gasteiger partial charge on any atom is -0.313 e. The highest BCUT2D eigenvalue weighted by Crippen LogP contribution is 2.25. The van der Waals surface area contributed by atoms with Crippen LogP contribution in [0.1, 0.15) is 22.7 Å². The van der Waals surface area contributed by atoms with Gasteiger partial charge in [-0.05, 0) is 61.3 Å². The fraction of sp³-hybridized carbons (Fsp3) is 0.250. The summed E-state index contributed by atoms with van der Waals surface area (Å²) in [7, 11) is 2.02. The molecule has 0 aliphatic heterocycles. The van der Waals surface area contributed by atoms with Crippen LogP contribution in [0.15, 0.2) is 51.4 Å². The van der Waals surface area contributed by atoms with Gasteiger partial charge in [0.2, 0.25) is 0 Å². The van der Waals surface area contributed by atoms with Crippen molar-refractivity contribution in [3.8, 4) is 0 Å². The molecule has 0 aliphatic rings. The Bertz CT molecular complexity index is 566. The number of benzene rings is 2. The molecule has 0 saturated carbocycles. The van der Waals surface area contributed by atoms with Gasteiger partial charge in [-0.2, -0.15) is 0 Å². The average molecular weight is 383 g/mol. The van der Waals surface area contributed by atoms with Gasteiger partial charge in [0.1, 0.15) is 0 Å². The number of nitrogens with one attached hydrogen (secondary N) is 1. The van der Waals surface area contributed by atoms with Crippen molar-refractivity contribution < 1.29 is 0 Å². The average Bonchev–Trinajstić information content (AvgIpc) is 2.39. The molecule has 0 bridgehead atoms. The summed E-state index contributed by atoms with van der Waals surface area (Å²) in [5.74, 6) is 0. The van der Waals surface area contributed by atoms with E-state index < -0.39 is 0 Å². The Morgan fingerprint density at radius 1 is 1.05 bits per heavy atom. The maximum absolute atomic E-state index is 3.56. The van der Waals surface area contributed by atoms with Gasteiger partial charge in [0.05, 0.1) is 0 Å². The van der Waals surface area contributed by atoms with E-state index in [1.54, 1.807) is 0 Å². The third kappa shape index (κ3) is 3.91. The topological polar surface area (TPSA) is 12.0 Å². The molecule has 0 heterocycles. The molecule has 0 radical (unpaired) electrons. The van der Waals surface area contributed by atoms with Gasteiger partial charge >= 0.3 is 0 Å². The zero-order chi connectivity index (χ0) is 13.8. The number of aryl methyl sites for hydroxylation is 1. The fourth-order valence-corrected chi connectivity index (χ4v) is 3.08. The van der Waals surface area contributed by atoms with Gasteiger partial charge in [-0.25, -0.2) is 0 Å². The minimum absolute atomic E-state index is 0.326.